The molecule has 1 heterocycles. The van der Waals surface area contributed by atoms with Gasteiger partial charge in [0.25, 0.3) is 11.7 Å². The van der Waals surface area contributed by atoms with Gasteiger partial charge in [-0.25, -0.2) is 0 Å². The summed E-state index contributed by atoms with van der Waals surface area (Å²) in [4.78, 5) is 28.5. The molecule has 1 unspecified atom stereocenters. The zero-order chi connectivity index (χ0) is 27.9. The summed E-state index contributed by atoms with van der Waals surface area (Å²) >= 11 is 0. The van der Waals surface area contributed by atoms with Crippen LogP contribution in [0.2, 0.25) is 0 Å². The van der Waals surface area contributed by atoms with Crippen LogP contribution < -0.4 is 23.8 Å². The first-order valence-corrected chi connectivity index (χ1v) is 13.1. The third-order valence-corrected chi connectivity index (χ3v) is 6.17. The number of ether oxygens (including phenoxy) is 4. The Balaban J connectivity index is 1.91. The molecule has 3 aromatic carbocycles. The van der Waals surface area contributed by atoms with Crippen molar-refractivity contribution in [1.82, 2.24) is 0 Å². The molecular weight excluding hydrogens is 498 g/mol. The summed E-state index contributed by atoms with van der Waals surface area (Å²) in [6.07, 6.45) is 0. The third-order valence-electron chi connectivity index (χ3n) is 6.17. The van der Waals surface area contributed by atoms with E-state index in [1.165, 1.54) is 4.90 Å². The van der Waals surface area contributed by atoms with Crippen LogP contribution in [-0.2, 0) is 9.59 Å². The van der Waals surface area contributed by atoms with Crippen molar-refractivity contribution in [3.05, 3.63) is 83.4 Å². The minimum absolute atomic E-state index is 0.0485. The summed E-state index contributed by atoms with van der Waals surface area (Å²) < 4.78 is 22.6. The highest BCUT2D eigenvalue weighted by Crippen LogP contribution is 2.44. The van der Waals surface area contributed by atoms with E-state index in [-0.39, 0.29) is 16.9 Å². The fraction of sp³-hybridized carbons (Fsp3) is 0.290. The predicted molar refractivity (Wildman–Crippen MR) is 149 cm³/mol. The van der Waals surface area contributed by atoms with Gasteiger partial charge in [-0.15, -0.1) is 0 Å². The predicted octanol–water partition coefficient (Wildman–Crippen LogP) is 5.91. The van der Waals surface area contributed by atoms with Crippen molar-refractivity contribution in [2.75, 3.05) is 31.3 Å². The number of nitrogens with zero attached hydrogens (tertiary/aromatic N) is 1. The SMILES string of the molecule is CCOc1ccc(N2C(=O)C(=O)/C(=C(/O)c3ccc(OCC)cc3OCC)C2c2cccc(OCC)c2)cc1. The number of ketones is 1. The van der Waals surface area contributed by atoms with E-state index in [9.17, 15) is 14.7 Å². The molecule has 1 atom stereocenters. The van der Waals surface area contributed by atoms with Crippen LogP contribution in [0.25, 0.3) is 5.76 Å². The van der Waals surface area contributed by atoms with Crippen LogP contribution in [-0.4, -0.2) is 43.2 Å². The summed E-state index contributed by atoms with van der Waals surface area (Å²) in [6.45, 7) is 9.19. The molecule has 4 rings (SSSR count). The van der Waals surface area contributed by atoms with E-state index < -0.39 is 17.7 Å². The highest BCUT2D eigenvalue weighted by atomic mass is 16.5. The molecular formula is C31H33NO7. The Labute approximate surface area is 228 Å². The van der Waals surface area contributed by atoms with E-state index in [1.54, 1.807) is 66.7 Å². The zero-order valence-corrected chi connectivity index (χ0v) is 22.6. The van der Waals surface area contributed by atoms with Gasteiger partial charge in [-0.2, -0.15) is 0 Å². The van der Waals surface area contributed by atoms with Gasteiger partial charge in [0.15, 0.2) is 0 Å². The minimum Gasteiger partial charge on any atom is -0.507 e. The fourth-order valence-corrected chi connectivity index (χ4v) is 4.60. The molecule has 1 aliphatic heterocycles. The first kappa shape index (κ1) is 27.6. The summed E-state index contributed by atoms with van der Waals surface area (Å²) in [5, 5.41) is 11.6. The zero-order valence-electron chi connectivity index (χ0n) is 22.6. The van der Waals surface area contributed by atoms with Crippen molar-refractivity contribution in [2.45, 2.75) is 33.7 Å². The number of aliphatic hydroxyl groups excluding tert-OH is 1. The van der Waals surface area contributed by atoms with Gasteiger partial charge in [0.05, 0.1) is 43.6 Å². The number of hydrogen-bond donors (Lipinski definition) is 1. The number of Topliss-reactive ketones (excluding diaryl/α,β-unsaturated/α-hetero) is 1. The largest absolute Gasteiger partial charge is 0.507 e. The number of carbonyl (C=O) groups excluding carboxylic acids is 2. The van der Waals surface area contributed by atoms with Crippen molar-refractivity contribution in [1.29, 1.82) is 0 Å². The first-order chi connectivity index (χ1) is 18.9. The Morgan fingerprint density at radius 2 is 1.33 bits per heavy atom. The standard InChI is InChI=1S/C31H33NO7/c1-5-36-22-14-12-21(13-15-22)32-28(20-10-9-11-23(18-20)37-6-2)27(30(34)31(32)35)29(33)25-17-16-24(38-7-3)19-26(25)39-8-4/h9-19,28,33H,5-8H2,1-4H3/b29-27+. The second kappa shape index (κ2) is 12.4. The Hall–Kier alpha value is -4.46. The minimum atomic E-state index is -0.913. The van der Waals surface area contributed by atoms with E-state index in [1.807, 2.05) is 27.7 Å². The molecule has 1 aliphatic rings. The topological polar surface area (TPSA) is 94.5 Å². The molecule has 3 aromatic rings. The molecule has 0 aliphatic carbocycles. The molecule has 1 N–H and O–H groups in total. The van der Waals surface area contributed by atoms with E-state index in [4.69, 9.17) is 18.9 Å². The fourth-order valence-electron chi connectivity index (χ4n) is 4.60. The van der Waals surface area contributed by atoms with Crippen LogP contribution in [0, 0.1) is 0 Å². The average molecular weight is 532 g/mol. The Bertz CT molecular complexity index is 1360. The molecule has 39 heavy (non-hydrogen) atoms. The molecule has 0 bridgehead atoms. The molecule has 0 spiro atoms. The summed E-state index contributed by atoms with van der Waals surface area (Å²) in [7, 11) is 0. The van der Waals surface area contributed by atoms with Crippen molar-refractivity contribution >= 4 is 23.1 Å². The van der Waals surface area contributed by atoms with Gasteiger partial charge in [0.2, 0.25) is 0 Å². The summed E-state index contributed by atoms with van der Waals surface area (Å²) in [5.41, 5.74) is 1.34. The number of benzene rings is 3. The Morgan fingerprint density at radius 3 is 1.97 bits per heavy atom. The Morgan fingerprint density at radius 1 is 0.744 bits per heavy atom. The van der Waals surface area contributed by atoms with Gasteiger partial charge in [-0.3, -0.25) is 14.5 Å². The highest BCUT2D eigenvalue weighted by Gasteiger charge is 2.47. The summed E-state index contributed by atoms with van der Waals surface area (Å²) in [5.74, 6) is 0.246. The van der Waals surface area contributed by atoms with Gasteiger partial charge < -0.3 is 24.1 Å². The monoisotopic (exact) mass is 531 g/mol. The maximum atomic E-state index is 13.6. The maximum Gasteiger partial charge on any atom is 0.300 e. The smallest absolute Gasteiger partial charge is 0.300 e. The van der Waals surface area contributed by atoms with Gasteiger partial charge in [0.1, 0.15) is 28.8 Å². The number of aliphatic hydroxyl groups is 1. The molecule has 1 fully saturated rings. The lowest BCUT2D eigenvalue weighted by Gasteiger charge is -2.26. The lowest BCUT2D eigenvalue weighted by molar-refractivity contribution is -0.132. The second-order valence-corrected chi connectivity index (χ2v) is 8.63. The van der Waals surface area contributed by atoms with Crippen LogP contribution in [0.15, 0.2) is 72.3 Å². The lowest BCUT2D eigenvalue weighted by atomic mass is 9.94. The van der Waals surface area contributed by atoms with Crippen molar-refractivity contribution in [2.24, 2.45) is 0 Å². The highest BCUT2D eigenvalue weighted by molar-refractivity contribution is 6.51. The van der Waals surface area contributed by atoms with Gasteiger partial charge in [0, 0.05) is 11.8 Å². The number of rotatable bonds is 11. The number of hydrogen-bond acceptors (Lipinski definition) is 7. The van der Waals surface area contributed by atoms with Crippen molar-refractivity contribution in [3.63, 3.8) is 0 Å². The van der Waals surface area contributed by atoms with E-state index >= 15 is 0 Å². The van der Waals surface area contributed by atoms with Crippen LogP contribution in [0.4, 0.5) is 5.69 Å². The van der Waals surface area contributed by atoms with Crippen LogP contribution in [0.5, 0.6) is 23.0 Å². The molecule has 0 aromatic heterocycles. The van der Waals surface area contributed by atoms with E-state index in [0.29, 0.717) is 60.7 Å². The van der Waals surface area contributed by atoms with E-state index in [2.05, 4.69) is 0 Å². The van der Waals surface area contributed by atoms with Crippen LogP contribution >= 0.6 is 0 Å². The molecule has 0 saturated carbocycles. The van der Waals surface area contributed by atoms with Crippen LogP contribution in [0.1, 0.15) is 44.9 Å². The molecule has 1 saturated heterocycles. The molecule has 8 nitrogen and oxygen atoms in total. The van der Waals surface area contributed by atoms with Crippen LogP contribution in [0.3, 0.4) is 0 Å². The van der Waals surface area contributed by atoms with Crippen molar-refractivity contribution < 1.29 is 33.6 Å². The molecule has 0 radical (unpaired) electrons. The third kappa shape index (κ3) is 5.70. The number of carbonyl (C=O) groups is 2. The Kier molecular flexibility index (Phi) is 8.76. The molecule has 204 valence electrons. The quantitative estimate of drug-likeness (QED) is 0.187. The van der Waals surface area contributed by atoms with Gasteiger partial charge in [-0.1, -0.05) is 12.1 Å². The first-order valence-electron chi connectivity index (χ1n) is 13.1. The molecule has 1 amide bonds. The summed E-state index contributed by atoms with van der Waals surface area (Å²) in [6, 6.07) is 18.2. The average Bonchev–Trinajstić information content (AvgIpc) is 3.20. The lowest BCUT2D eigenvalue weighted by Crippen LogP contribution is -2.29. The van der Waals surface area contributed by atoms with Crippen molar-refractivity contribution in [3.8, 4) is 23.0 Å². The molecule has 8 heteroatoms. The van der Waals surface area contributed by atoms with E-state index in [0.717, 1.165) is 0 Å². The number of amides is 1. The normalized spacial score (nSPS) is 16.3. The second-order valence-electron chi connectivity index (χ2n) is 8.63. The number of anilines is 1. The maximum absolute atomic E-state index is 13.6. The van der Waals surface area contributed by atoms with Gasteiger partial charge >= 0.3 is 0 Å². The van der Waals surface area contributed by atoms with Gasteiger partial charge in [-0.05, 0) is 81.8 Å².